The van der Waals surface area contributed by atoms with E-state index in [1.165, 1.54) is 5.56 Å². The van der Waals surface area contributed by atoms with E-state index >= 15 is 0 Å². The zero-order valence-corrected chi connectivity index (χ0v) is 21.5. The smallest absolute Gasteiger partial charge is 0.220 e. The monoisotopic (exact) mass is 504 g/mol. The van der Waals surface area contributed by atoms with Gasteiger partial charge in [0.1, 0.15) is 23.5 Å². The Labute approximate surface area is 218 Å². The number of nitrogens with one attached hydrogen (secondary N) is 3. The number of hydrogen-bond donors (Lipinski definition) is 3. The number of unbranched alkanes of at least 4 members (excludes halogenated alkanes) is 1. The summed E-state index contributed by atoms with van der Waals surface area (Å²) in [6.07, 6.45) is 8.24. The fraction of sp³-hybridized carbons (Fsp3) is 0.429. The van der Waals surface area contributed by atoms with Crippen LogP contribution < -0.4 is 25.6 Å². The molecule has 3 N–H and O–H groups in total. The lowest BCUT2D eigenvalue weighted by Crippen LogP contribution is -2.54. The summed E-state index contributed by atoms with van der Waals surface area (Å²) in [6.45, 7) is 3.42. The van der Waals surface area contributed by atoms with E-state index in [9.17, 15) is 4.79 Å². The molecule has 2 aromatic rings. The SMILES string of the molecule is CCCCOc1ccc(C2CC3C4NN=C(CCC(=O)NCc5ccc(OC)cc5)N4C=CN3N2)cc1. The molecule has 9 heteroatoms. The topological polar surface area (TPSA) is 90.5 Å². The summed E-state index contributed by atoms with van der Waals surface area (Å²) in [5.41, 5.74) is 9.19. The van der Waals surface area contributed by atoms with Crippen molar-refractivity contribution < 1.29 is 14.3 Å². The van der Waals surface area contributed by atoms with E-state index < -0.39 is 0 Å². The van der Waals surface area contributed by atoms with Crippen LogP contribution in [-0.4, -0.2) is 47.6 Å². The number of rotatable bonds is 11. The Morgan fingerprint density at radius 1 is 1.11 bits per heavy atom. The summed E-state index contributed by atoms with van der Waals surface area (Å²) >= 11 is 0. The highest BCUT2D eigenvalue weighted by atomic mass is 16.5. The number of hydrazone groups is 1. The van der Waals surface area contributed by atoms with Gasteiger partial charge in [-0.15, -0.1) is 0 Å². The Morgan fingerprint density at radius 3 is 2.65 bits per heavy atom. The molecule has 0 bridgehead atoms. The summed E-state index contributed by atoms with van der Waals surface area (Å²) in [6, 6.07) is 16.5. The van der Waals surface area contributed by atoms with Gasteiger partial charge in [-0.25, -0.2) is 5.43 Å². The van der Waals surface area contributed by atoms with Crippen LogP contribution in [0.5, 0.6) is 11.5 Å². The maximum atomic E-state index is 12.5. The number of hydrogen-bond acceptors (Lipinski definition) is 8. The minimum Gasteiger partial charge on any atom is -0.497 e. The Balaban J connectivity index is 1.10. The zero-order valence-electron chi connectivity index (χ0n) is 21.5. The number of hydrazine groups is 1. The predicted molar refractivity (Wildman–Crippen MR) is 142 cm³/mol. The van der Waals surface area contributed by atoms with E-state index in [0.717, 1.165) is 48.8 Å². The highest BCUT2D eigenvalue weighted by molar-refractivity contribution is 5.89. The average molecular weight is 505 g/mol. The first kappa shape index (κ1) is 25.0. The van der Waals surface area contributed by atoms with Crippen molar-refractivity contribution in [2.45, 2.75) is 63.8 Å². The third-order valence-electron chi connectivity index (χ3n) is 7.09. The van der Waals surface area contributed by atoms with Crippen molar-refractivity contribution >= 4 is 11.7 Å². The summed E-state index contributed by atoms with van der Waals surface area (Å²) in [5.74, 6) is 2.62. The van der Waals surface area contributed by atoms with Gasteiger partial charge < -0.3 is 24.7 Å². The van der Waals surface area contributed by atoms with Gasteiger partial charge in [-0.05, 0) is 48.2 Å². The molecule has 3 aliphatic rings. The van der Waals surface area contributed by atoms with Crippen LogP contribution in [0.3, 0.4) is 0 Å². The first-order chi connectivity index (χ1) is 18.1. The van der Waals surface area contributed by atoms with Gasteiger partial charge in [-0.1, -0.05) is 37.6 Å². The number of methoxy groups -OCH3 is 1. The van der Waals surface area contributed by atoms with E-state index in [-0.39, 0.29) is 24.2 Å². The van der Waals surface area contributed by atoms with Gasteiger partial charge in [0.25, 0.3) is 0 Å². The molecule has 0 aromatic heterocycles. The second-order valence-electron chi connectivity index (χ2n) is 9.60. The van der Waals surface area contributed by atoms with Crippen molar-refractivity contribution in [1.82, 2.24) is 26.1 Å². The summed E-state index contributed by atoms with van der Waals surface area (Å²) in [7, 11) is 1.64. The molecule has 0 aliphatic carbocycles. The number of carbonyl (C=O) groups excluding carboxylic acids is 1. The molecule has 196 valence electrons. The Bertz CT molecular complexity index is 1120. The lowest BCUT2D eigenvalue weighted by atomic mass is 9.99. The van der Waals surface area contributed by atoms with Crippen molar-refractivity contribution in [2.24, 2.45) is 5.10 Å². The van der Waals surface area contributed by atoms with Crippen LogP contribution in [-0.2, 0) is 11.3 Å². The van der Waals surface area contributed by atoms with Crippen molar-refractivity contribution in [1.29, 1.82) is 0 Å². The van der Waals surface area contributed by atoms with E-state index in [0.29, 0.717) is 19.4 Å². The Morgan fingerprint density at radius 2 is 1.89 bits per heavy atom. The molecule has 37 heavy (non-hydrogen) atoms. The van der Waals surface area contributed by atoms with E-state index in [2.05, 4.69) is 68.6 Å². The van der Waals surface area contributed by atoms with Gasteiger partial charge in [-0.2, -0.15) is 5.10 Å². The molecule has 3 aliphatic heterocycles. The summed E-state index contributed by atoms with van der Waals surface area (Å²) < 4.78 is 11.0. The normalized spacial score (nSPS) is 21.7. The molecule has 0 radical (unpaired) electrons. The zero-order chi connectivity index (χ0) is 25.6. The number of ether oxygens (including phenoxy) is 2. The second-order valence-corrected chi connectivity index (χ2v) is 9.60. The quantitative estimate of drug-likeness (QED) is 0.403. The molecule has 2 aromatic carbocycles. The minimum atomic E-state index is 0.00861. The van der Waals surface area contributed by atoms with Crippen LogP contribution >= 0.6 is 0 Å². The second kappa shape index (κ2) is 11.6. The third-order valence-corrected chi connectivity index (χ3v) is 7.09. The van der Waals surface area contributed by atoms with Gasteiger partial charge in [0.2, 0.25) is 5.91 Å². The van der Waals surface area contributed by atoms with Crippen molar-refractivity contribution in [3.05, 3.63) is 72.1 Å². The summed E-state index contributed by atoms with van der Waals surface area (Å²) in [5, 5.41) is 9.74. The molecule has 3 atom stereocenters. The lowest BCUT2D eigenvalue weighted by molar-refractivity contribution is -0.121. The van der Waals surface area contributed by atoms with Gasteiger partial charge in [0.05, 0.1) is 25.8 Å². The van der Waals surface area contributed by atoms with Crippen LogP contribution in [0.2, 0.25) is 0 Å². The van der Waals surface area contributed by atoms with Crippen molar-refractivity contribution in [3.8, 4) is 11.5 Å². The van der Waals surface area contributed by atoms with Crippen LogP contribution in [0, 0.1) is 0 Å². The standard InChI is InChI=1S/C28H36N6O3/c1-3-4-17-37-23-11-7-21(8-12-23)24-18-25-28-31-30-26(33(28)15-16-34(25)32-24)13-14-27(35)29-19-20-5-9-22(36-2)10-6-20/h5-12,15-16,24-25,28,31-32H,3-4,13-14,17-19H2,1-2H3,(H,29,35). The van der Waals surface area contributed by atoms with E-state index in [1.54, 1.807) is 7.11 Å². The first-order valence-corrected chi connectivity index (χ1v) is 13.1. The van der Waals surface area contributed by atoms with Gasteiger partial charge in [0, 0.05) is 31.8 Å². The van der Waals surface area contributed by atoms with Crippen LogP contribution in [0.1, 0.15) is 56.2 Å². The molecule has 0 saturated carbocycles. The predicted octanol–water partition coefficient (Wildman–Crippen LogP) is 3.62. The fourth-order valence-corrected chi connectivity index (χ4v) is 4.92. The number of amides is 1. The van der Waals surface area contributed by atoms with Crippen molar-refractivity contribution in [2.75, 3.05) is 13.7 Å². The average Bonchev–Trinajstić information content (AvgIpc) is 3.56. The molecule has 3 unspecified atom stereocenters. The molecule has 3 heterocycles. The van der Waals surface area contributed by atoms with E-state index in [4.69, 9.17) is 9.47 Å². The molecule has 5 rings (SSSR count). The highest BCUT2D eigenvalue weighted by Crippen LogP contribution is 2.34. The Kier molecular flexibility index (Phi) is 7.79. The highest BCUT2D eigenvalue weighted by Gasteiger charge is 2.44. The molecular weight excluding hydrogens is 468 g/mol. The number of fused-ring (bicyclic) bond motifs is 3. The third kappa shape index (κ3) is 5.83. The number of benzene rings is 2. The number of amidine groups is 1. The fourth-order valence-electron chi connectivity index (χ4n) is 4.92. The molecule has 1 fully saturated rings. The minimum absolute atomic E-state index is 0.00861. The number of carbonyl (C=O) groups is 1. The lowest BCUT2D eigenvalue weighted by Gasteiger charge is -2.37. The van der Waals surface area contributed by atoms with Crippen molar-refractivity contribution in [3.63, 3.8) is 0 Å². The van der Waals surface area contributed by atoms with Gasteiger partial charge >= 0.3 is 0 Å². The maximum Gasteiger partial charge on any atom is 0.220 e. The largest absolute Gasteiger partial charge is 0.497 e. The van der Waals surface area contributed by atoms with Crippen LogP contribution in [0.4, 0.5) is 0 Å². The Hall–Kier alpha value is -3.72. The molecule has 1 saturated heterocycles. The molecular formula is C28H36N6O3. The molecule has 1 amide bonds. The van der Waals surface area contributed by atoms with Gasteiger partial charge in [0.15, 0.2) is 0 Å². The molecule has 0 spiro atoms. The van der Waals surface area contributed by atoms with Gasteiger partial charge in [-0.3, -0.25) is 10.2 Å². The van der Waals surface area contributed by atoms with E-state index in [1.807, 2.05) is 30.5 Å². The molecule has 9 nitrogen and oxygen atoms in total. The van der Waals surface area contributed by atoms with Crippen LogP contribution in [0.15, 0.2) is 66.0 Å². The van der Waals surface area contributed by atoms with Crippen LogP contribution in [0.25, 0.3) is 0 Å². The maximum absolute atomic E-state index is 12.5. The first-order valence-electron chi connectivity index (χ1n) is 13.1. The number of nitrogens with zero attached hydrogens (tertiary/aromatic N) is 3. The summed E-state index contributed by atoms with van der Waals surface area (Å²) in [4.78, 5) is 14.6.